The van der Waals surface area contributed by atoms with Crippen LogP contribution in [0.4, 0.5) is 0 Å². The molecule has 0 amide bonds. The Bertz CT molecular complexity index is 762. The van der Waals surface area contributed by atoms with E-state index in [1.54, 1.807) is 0 Å². The minimum absolute atomic E-state index is 0.168. The molecule has 2 N–H and O–H groups in total. The summed E-state index contributed by atoms with van der Waals surface area (Å²) in [5.74, 6) is -0.822. The summed E-state index contributed by atoms with van der Waals surface area (Å²) in [6.07, 6.45) is 3.38. The average Bonchev–Trinajstić information content (AvgIpc) is 2.89. The number of benzene rings is 1. The lowest BCUT2D eigenvalue weighted by atomic mass is 9.86. The number of nitrogens with zero attached hydrogens (tertiary/aromatic N) is 2. The van der Waals surface area contributed by atoms with Gasteiger partial charge in [0.1, 0.15) is 0 Å². The van der Waals surface area contributed by atoms with Gasteiger partial charge in [-0.25, -0.2) is 0 Å². The minimum Gasteiger partial charge on any atom is -0.481 e. The summed E-state index contributed by atoms with van der Waals surface area (Å²) in [6, 6.07) is 8.25. The molecule has 0 bridgehead atoms. The highest BCUT2D eigenvalue weighted by Gasteiger charge is 2.26. The second kappa shape index (κ2) is 8.23. The van der Waals surface area contributed by atoms with E-state index in [2.05, 4.69) is 12.2 Å². The molecule has 1 aromatic carbocycles. The number of halogens is 1. The van der Waals surface area contributed by atoms with Gasteiger partial charge in [-0.1, -0.05) is 23.7 Å². The van der Waals surface area contributed by atoms with Crippen LogP contribution in [0.5, 0.6) is 0 Å². The first-order chi connectivity index (χ1) is 12.4. The molecule has 1 aliphatic rings. The number of carboxylic acid groups (broad SMARTS) is 1. The Morgan fingerprint density at radius 2 is 1.88 bits per heavy atom. The number of aliphatic carboxylic acids is 1. The quantitative estimate of drug-likeness (QED) is 0.802. The third-order valence-corrected chi connectivity index (χ3v) is 5.67. The van der Waals surface area contributed by atoms with Crippen LogP contribution in [0.15, 0.2) is 24.3 Å². The Labute approximate surface area is 159 Å². The molecule has 3 rings (SSSR count). The van der Waals surface area contributed by atoms with E-state index in [0.29, 0.717) is 6.04 Å². The second-order valence-electron chi connectivity index (χ2n) is 7.20. The van der Waals surface area contributed by atoms with Crippen molar-refractivity contribution >= 4 is 17.6 Å². The van der Waals surface area contributed by atoms with Gasteiger partial charge in [0.05, 0.1) is 18.2 Å². The van der Waals surface area contributed by atoms with Crippen LogP contribution in [0.1, 0.15) is 48.2 Å². The first-order valence-corrected chi connectivity index (χ1v) is 9.55. The molecule has 26 heavy (non-hydrogen) atoms. The molecular formula is C20H26ClN3O2. The molecular weight excluding hydrogens is 350 g/mol. The highest BCUT2D eigenvalue weighted by Crippen LogP contribution is 2.25. The summed E-state index contributed by atoms with van der Waals surface area (Å²) in [7, 11) is 0. The number of aromatic nitrogens is 2. The Balaban J connectivity index is 1.60. The molecule has 1 saturated carbocycles. The van der Waals surface area contributed by atoms with Gasteiger partial charge < -0.3 is 10.4 Å². The maximum Gasteiger partial charge on any atom is 0.306 e. The Kier molecular flexibility index (Phi) is 5.99. The van der Waals surface area contributed by atoms with Gasteiger partial charge in [-0.15, -0.1) is 0 Å². The molecule has 1 heterocycles. The first kappa shape index (κ1) is 18.9. The molecule has 0 saturated heterocycles. The lowest BCUT2D eigenvalue weighted by molar-refractivity contribution is -0.142. The third-order valence-electron chi connectivity index (χ3n) is 5.42. The van der Waals surface area contributed by atoms with Crippen LogP contribution in [0, 0.1) is 19.8 Å². The maximum absolute atomic E-state index is 11.1. The molecule has 0 aliphatic heterocycles. The number of carboxylic acids is 1. The van der Waals surface area contributed by atoms with Crippen LogP contribution in [0.25, 0.3) is 0 Å². The van der Waals surface area contributed by atoms with E-state index >= 15 is 0 Å². The number of nitrogens with one attached hydrogen (secondary N) is 1. The van der Waals surface area contributed by atoms with Gasteiger partial charge in [0, 0.05) is 28.9 Å². The van der Waals surface area contributed by atoms with Crippen LogP contribution in [-0.2, 0) is 17.9 Å². The number of hydrogen-bond acceptors (Lipinski definition) is 3. The van der Waals surface area contributed by atoms with E-state index in [0.717, 1.165) is 49.5 Å². The van der Waals surface area contributed by atoms with Crippen molar-refractivity contribution in [2.45, 2.75) is 58.7 Å². The van der Waals surface area contributed by atoms with Gasteiger partial charge in [-0.05, 0) is 57.2 Å². The van der Waals surface area contributed by atoms with Gasteiger partial charge in [-0.3, -0.25) is 9.48 Å². The normalized spacial score (nSPS) is 20.3. The van der Waals surface area contributed by atoms with Crippen molar-refractivity contribution in [2.75, 3.05) is 0 Å². The van der Waals surface area contributed by atoms with Crippen LogP contribution >= 0.6 is 11.6 Å². The Morgan fingerprint density at radius 3 is 2.50 bits per heavy atom. The fraction of sp³-hybridized carbons (Fsp3) is 0.500. The van der Waals surface area contributed by atoms with Gasteiger partial charge in [-0.2, -0.15) is 5.10 Å². The number of rotatable bonds is 6. The second-order valence-corrected chi connectivity index (χ2v) is 7.64. The predicted molar refractivity (Wildman–Crippen MR) is 102 cm³/mol. The summed E-state index contributed by atoms with van der Waals surface area (Å²) < 4.78 is 2.04. The van der Waals surface area contributed by atoms with E-state index in [1.807, 2.05) is 35.9 Å². The molecule has 1 aromatic heterocycles. The number of hydrogen-bond donors (Lipinski definition) is 2. The van der Waals surface area contributed by atoms with Crippen molar-refractivity contribution in [3.8, 4) is 0 Å². The van der Waals surface area contributed by atoms with Crippen LogP contribution < -0.4 is 5.32 Å². The highest BCUT2D eigenvalue weighted by atomic mass is 35.5. The van der Waals surface area contributed by atoms with E-state index in [1.165, 1.54) is 16.8 Å². The van der Waals surface area contributed by atoms with Crippen molar-refractivity contribution in [2.24, 2.45) is 5.92 Å². The molecule has 0 spiro atoms. The van der Waals surface area contributed by atoms with E-state index < -0.39 is 5.97 Å². The molecule has 2 aromatic rings. The van der Waals surface area contributed by atoms with Crippen LogP contribution in [0.2, 0.25) is 5.02 Å². The first-order valence-electron chi connectivity index (χ1n) is 9.17. The van der Waals surface area contributed by atoms with Gasteiger partial charge in [0.2, 0.25) is 0 Å². The zero-order valence-electron chi connectivity index (χ0n) is 15.3. The smallest absolute Gasteiger partial charge is 0.306 e. The molecule has 0 atom stereocenters. The van der Waals surface area contributed by atoms with Crippen LogP contribution in [0.3, 0.4) is 0 Å². The molecule has 1 fully saturated rings. The van der Waals surface area contributed by atoms with Gasteiger partial charge in [0.25, 0.3) is 0 Å². The highest BCUT2D eigenvalue weighted by molar-refractivity contribution is 6.30. The minimum atomic E-state index is -0.654. The summed E-state index contributed by atoms with van der Waals surface area (Å²) in [5.41, 5.74) is 4.62. The fourth-order valence-corrected chi connectivity index (χ4v) is 3.82. The van der Waals surface area contributed by atoms with Crippen molar-refractivity contribution in [3.63, 3.8) is 0 Å². The topological polar surface area (TPSA) is 67.2 Å². The Hall–Kier alpha value is -1.85. The van der Waals surface area contributed by atoms with E-state index in [4.69, 9.17) is 21.8 Å². The lowest BCUT2D eigenvalue weighted by Crippen LogP contribution is -2.34. The molecule has 0 radical (unpaired) electrons. The molecule has 140 valence electrons. The fourth-order valence-electron chi connectivity index (χ4n) is 3.70. The maximum atomic E-state index is 11.1. The van der Waals surface area contributed by atoms with Crippen molar-refractivity contribution in [1.82, 2.24) is 15.1 Å². The average molecular weight is 376 g/mol. The summed E-state index contributed by atoms with van der Waals surface area (Å²) in [6.45, 7) is 5.66. The zero-order valence-corrected chi connectivity index (χ0v) is 16.1. The summed E-state index contributed by atoms with van der Waals surface area (Å²) in [5, 5.41) is 18.1. The van der Waals surface area contributed by atoms with Gasteiger partial charge >= 0.3 is 5.97 Å². The van der Waals surface area contributed by atoms with E-state index in [-0.39, 0.29) is 5.92 Å². The van der Waals surface area contributed by atoms with Crippen molar-refractivity contribution in [1.29, 1.82) is 0 Å². The van der Waals surface area contributed by atoms with E-state index in [9.17, 15) is 4.79 Å². The number of aryl methyl sites for hydroxylation is 1. The SMILES string of the molecule is Cc1nn(Cc2ccc(Cl)cc2)c(C)c1CNC1CCC(C(=O)O)CC1. The largest absolute Gasteiger partial charge is 0.481 e. The summed E-state index contributed by atoms with van der Waals surface area (Å²) >= 11 is 5.95. The predicted octanol–water partition coefficient (Wildman–Crippen LogP) is 3.93. The molecule has 6 heteroatoms. The van der Waals surface area contributed by atoms with Crippen molar-refractivity contribution in [3.05, 3.63) is 51.8 Å². The Morgan fingerprint density at radius 1 is 1.23 bits per heavy atom. The van der Waals surface area contributed by atoms with Gasteiger partial charge in [0.15, 0.2) is 0 Å². The number of carbonyl (C=O) groups is 1. The standard InChI is InChI=1S/C20H26ClN3O2/c1-13-19(11-22-18-9-5-16(6-10-18)20(25)26)14(2)24(23-13)12-15-3-7-17(21)8-4-15/h3-4,7-8,16,18,22H,5-6,9-12H2,1-2H3,(H,25,26). The third kappa shape index (κ3) is 4.46. The lowest BCUT2D eigenvalue weighted by Gasteiger charge is -2.27. The molecule has 5 nitrogen and oxygen atoms in total. The van der Waals surface area contributed by atoms with Crippen LogP contribution in [-0.4, -0.2) is 26.9 Å². The monoisotopic (exact) mass is 375 g/mol. The summed E-state index contributed by atoms with van der Waals surface area (Å²) in [4.78, 5) is 11.1. The molecule has 1 aliphatic carbocycles. The zero-order chi connectivity index (χ0) is 18.7. The molecule has 0 unspecified atom stereocenters. The van der Waals surface area contributed by atoms with Crippen molar-refractivity contribution < 1.29 is 9.90 Å².